The highest BCUT2D eigenvalue weighted by Crippen LogP contribution is 2.34. The molecule has 0 atom stereocenters. The second-order valence-corrected chi connectivity index (χ2v) is 3.35. The SMILES string of the molecule is FC(F)(F)c1cc(S)c(Cl)c(Cl)n1. The first-order valence-electron chi connectivity index (χ1n) is 2.94. The van der Waals surface area contributed by atoms with Gasteiger partial charge in [0.2, 0.25) is 0 Å². The highest BCUT2D eigenvalue weighted by molar-refractivity contribution is 7.80. The van der Waals surface area contributed by atoms with Gasteiger partial charge >= 0.3 is 6.18 Å². The van der Waals surface area contributed by atoms with Crippen LogP contribution in [-0.2, 0) is 6.18 Å². The molecule has 0 amide bonds. The fourth-order valence-electron chi connectivity index (χ4n) is 0.631. The Labute approximate surface area is 87.3 Å². The fourth-order valence-corrected chi connectivity index (χ4v) is 1.21. The average molecular weight is 248 g/mol. The minimum absolute atomic E-state index is 0.0472. The summed E-state index contributed by atoms with van der Waals surface area (Å²) in [6.45, 7) is 0. The van der Waals surface area contributed by atoms with Crippen molar-refractivity contribution >= 4 is 35.8 Å². The van der Waals surface area contributed by atoms with Crippen LogP contribution in [0.1, 0.15) is 5.69 Å². The van der Waals surface area contributed by atoms with Crippen LogP contribution >= 0.6 is 35.8 Å². The van der Waals surface area contributed by atoms with Crippen LogP contribution in [0.4, 0.5) is 13.2 Å². The number of pyridine rings is 1. The Balaban J connectivity index is 3.29. The van der Waals surface area contributed by atoms with E-state index in [1.54, 1.807) is 0 Å². The molecule has 0 saturated heterocycles. The van der Waals surface area contributed by atoms with Gasteiger partial charge in [0.05, 0.1) is 5.02 Å². The zero-order chi connectivity index (χ0) is 10.2. The molecule has 72 valence electrons. The lowest BCUT2D eigenvalue weighted by Gasteiger charge is -2.07. The third-order valence-corrected chi connectivity index (χ3v) is 2.43. The molecule has 1 rings (SSSR count). The maximum Gasteiger partial charge on any atom is 0.433 e. The highest BCUT2D eigenvalue weighted by atomic mass is 35.5. The molecule has 0 saturated carbocycles. The minimum atomic E-state index is -4.54. The molecule has 0 aromatic carbocycles. The van der Waals surface area contributed by atoms with Crippen LogP contribution in [0.15, 0.2) is 11.0 Å². The maximum atomic E-state index is 12.1. The van der Waals surface area contributed by atoms with Crippen molar-refractivity contribution in [3.8, 4) is 0 Å². The smallest absolute Gasteiger partial charge is 0.230 e. The first kappa shape index (κ1) is 10.9. The number of rotatable bonds is 0. The molecular formula is C6H2Cl2F3NS. The lowest BCUT2D eigenvalue weighted by Crippen LogP contribution is -2.08. The predicted molar refractivity (Wildman–Crippen MR) is 46.5 cm³/mol. The Kier molecular flexibility index (Phi) is 2.99. The Bertz CT molecular complexity index is 316. The normalized spacial score (nSPS) is 11.8. The lowest BCUT2D eigenvalue weighted by atomic mass is 10.3. The summed E-state index contributed by atoms with van der Waals surface area (Å²) in [7, 11) is 0. The summed E-state index contributed by atoms with van der Waals surface area (Å²) in [4.78, 5) is 3.02. The molecule has 0 N–H and O–H groups in total. The van der Waals surface area contributed by atoms with Crippen molar-refractivity contribution in [3.05, 3.63) is 21.9 Å². The van der Waals surface area contributed by atoms with Gasteiger partial charge in [-0.15, -0.1) is 12.6 Å². The van der Waals surface area contributed by atoms with Gasteiger partial charge in [-0.05, 0) is 6.07 Å². The average Bonchev–Trinajstić information content (AvgIpc) is 1.97. The second kappa shape index (κ2) is 3.55. The Morgan fingerprint density at radius 1 is 1.31 bits per heavy atom. The maximum absolute atomic E-state index is 12.1. The van der Waals surface area contributed by atoms with Gasteiger partial charge in [0.25, 0.3) is 0 Å². The van der Waals surface area contributed by atoms with Gasteiger partial charge in [-0.25, -0.2) is 4.98 Å². The third kappa shape index (κ3) is 2.42. The largest absolute Gasteiger partial charge is 0.433 e. The number of hydrogen-bond acceptors (Lipinski definition) is 2. The van der Waals surface area contributed by atoms with Crippen LogP contribution < -0.4 is 0 Å². The molecule has 0 aliphatic carbocycles. The molecule has 0 unspecified atom stereocenters. The first-order chi connectivity index (χ1) is 5.82. The Hall–Kier alpha value is -0.130. The van der Waals surface area contributed by atoms with Crippen molar-refractivity contribution in [1.29, 1.82) is 0 Å². The van der Waals surface area contributed by atoms with Crippen LogP contribution in [0.3, 0.4) is 0 Å². The zero-order valence-corrected chi connectivity index (χ0v) is 8.27. The molecule has 0 aliphatic heterocycles. The van der Waals surface area contributed by atoms with E-state index in [1.165, 1.54) is 0 Å². The summed E-state index contributed by atoms with van der Waals surface area (Å²) >= 11 is 14.5. The van der Waals surface area contributed by atoms with E-state index in [0.29, 0.717) is 0 Å². The summed E-state index contributed by atoms with van der Waals surface area (Å²) in [5, 5.41) is -0.487. The number of alkyl halides is 3. The van der Waals surface area contributed by atoms with E-state index in [4.69, 9.17) is 23.2 Å². The van der Waals surface area contributed by atoms with Crippen molar-refractivity contribution in [1.82, 2.24) is 4.98 Å². The van der Waals surface area contributed by atoms with Crippen molar-refractivity contribution in [2.24, 2.45) is 0 Å². The number of nitrogens with zero attached hydrogens (tertiary/aromatic N) is 1. The molecule has 0 fully saturated rings. The summed E-state index contributed by atoms with van der Waals surface area (Å²) < 4.78 is 36.2. The van der Waals surface area contributed by atoms with Gasteiger partial charge in [0.15, 0.2) is 0 Å². The molecule has 13 heavy (non-hydrogen) atoms. The molecule has 1 aromatic rings. The number of aromatic nitrogens is 1. The van der Waals surface area contributed by atoms with Crippen LogP contribution in [-0.4, -0.2) is 4.98 Å². The molecule has 0 spiro atoms. The quantitative estimate of drug-likeness (QED) is 0.545. The van der Waals surface area contributed by atoms with Crippen molar-refractivity contribution in [2.45, 2.75) is 11.1 Å². The predicted octanol–water partition coefficient (Wildman–Crippen LogP) is 3.70. The summed E-state index contributed by atoms with van der Waals surface area (Å²) in [6.07, 6.45) is -4.54. The standard InChI is InChI=1S/C6H2Cl2F3NS/c7-4-2(13)1-3(6(9,10)11)12-5(4)8/h1H,(H,12,13). The van der Waals surface area contributed by atoms with E-state index < -0.39 is 17.0 Å². The van der Waals surface area contributed by atoms with Gasteiger partial charge in [0, 0.05) is 4.90 Å². The summed E-state index contributed by atoms with van der Waals surface area (Å²) in [5.41, 5.74) is -1.10. The second-order valence-electron chi connectivity index (χ2n) is 2.13. The molecule has 0 radical (unpaired) electrons. The third-order valence-electron chi connectivity index (χ3n) is 1.19. The van der Waals surface area contributed by atoms with Crippen molar-refractivity contribution < 1.29 is 13.2 Å². The van der Waals surface area contributed by atoms with E-state index in [2.05, 4.69) is 17.6 Å². The van der Waals surface area contributed by atoms with E-state index in [0.717, 1.165) is 6.07 Å². The minimum Gasteiger partial charge on any atom is -0.230 e. The molecule has 1 aromatic heterocycles. The van der Waals surface area contributed by atoms with Crippen LogP contribution in [0.25, 0.3) is 0 Å². The first-order valence-corrected chi connectivity index (χ1v) is 4.15. The van der Waals surface area contributed by atoms with E-state index in [-0.39, 0.29) is 9.92 Å². The van der Waals surface area contributed by atoms with Gasteiger partial charge in [0.1, 0.15) is 10.8 Å². The molecular weight excluding hydrogens is 246 g/mol. The van der Waals surface area contributed by atoms with E-state index in [1.807, 2.05) is 0 Å². The highest BCUT2D eigenvalue weighted by Gasteiger charge is 2.33. The molecule has 0 aliphatic rings. The summed E-state index contributed by atoms with van der Waals surface area (Å²) in [5.74, 6) is 0. The molecule has 0 bridgehead atoms. The van der Waals surface area contributed by atoms with Crippen LogP contribution in [0.5, 0.6) is 0 Å². The van der Waals surface area contributed by atoms with E-state index in [9.17, 15) is 13.2 Å². The zero-order valence-electron chi connectivity index (χ0n) is 5.86. The number of halogens is 5. The molecule has 7 heteroatoms. The summed E-state index contributed by atoms with van der Waals surface area (Å²) in [6, 6.07) is 0.720. The number of thiol groups is 1. The molecule has 1 heterocycles. The van der Waals surface area contributed by atoms with Gasteiger partial charge in [-0.1, -0.05) is 23.2 Å². The van der Waals surface area contributed by atoms with Crippen LogP contribution in [0, 0.1) is 0 Å². The van der Waals surface area contributed by atoms with Crippen molar-refractivity contribution in [2.75, 3.05) is 0 Å². The van der Waals surface area contributed by atoms with E-state index >= 15 is 0 Å². The van der Waals surface area contributed by atoms with Crippen LogP contribution in [0.2, 0.25) is 10.2 Å². The van der Waals surface area contributed by atoms with Crippen molar-refractivity contribution in [3.63, 3.8) is 0 Å². The fraction of sp³-hybridized carbons (Fsp3) is 0.167. The lowest BCUT2D eigenvalue weighted by molar-refractivity contribution is -0.141. The van der Waals surface area contributed by atoms with Gasteiger partial charge < -0.3 is 0 Å². The van der Waals surface area contributed by atoms with Gasteiger partial charge in [-0.3, -0.25) is 0 Å². The monoisotopic (exact) mass is 247 g/mol. The number of hydrogen-bond donors (Lipinski definition) is 1. The topological polar surface area (TPSA) is 12.9 Å². The Morgan fingerprint density at radius 2 is 1.85 bits per heavy atom. The van der Waals surface area contributed by atoms with Gasteiger partial charge in [-0.2, -0.15) is 13.2 Å². The Morgan fingerprint density at radius 3 is 2.23 bits per heavy atom. The molecule has 1 nitrogen and oxygen atoms in total.